The summed E-state index contributed by atoms with van der Waals surface area (Å²) in [5.74, 6) is -0.0698. The molecule has 0 unspecified atom stereocenters. The molecule has 1 saturated heterocycles. The van der Waals surface area contributed by atoms with Crippen LogP contribution in [0.3, 0.4) is 0 Å². The molecular formula is C16H26N3O3+. The quantitative estimate of drug-likeness (QED) is 0.605. The van der Waals surface area contributed by atoms with Crippen molar-refractivity contribution in [3.05, 3.63) is 24.2 Å². The van der Waals surface area contributed by atoms with E-state index in [9.17, 15) is 4.79 Å². The molecule has 6 heteroatoms. The van der Waals surface area contributed by atoms with Gasteiger partial charge in [-0.3, -0.25) is 10.1 Å². The van der Waals surface area contributed by atoms with Gasteiger partial charge in [0.2, 0.25) is 0 Å². The van der Waals surface area contributed by atoms with E-state index in [1.165, 1.54) is 38.6 Å². The molecule has 0 saturated carbocycles. The molecule has 6 nitrogen and oxygen atoms in total. The Morgan fingerprint density at radius 1 is 1.41 bits per heavy atom. The zero-order valence-corrected chi connectivity index (χ0v) is 13.3. The fourth-order valence-electron chi connectivity index (χ4n) is 2.50. The molecule has 1 aliphatic heterocycles. The number of furan rings is 1. The van der Waals surface area contributed by atoms with Gasteiger partial charge in [-0.1, -0.05) is 6.92 Å². The summed E-state index contributed by atoms with van der Waals surface area (Å²) in [5, 5.41) is 2.68. The van der Waals surface area contributed by atoms with Crippen LogP contribution in [-0.4, -0.2) is 44.7 Å². The summed E-state index contributed by atoms with van der Waals surface area (Å²) < 4.78 is 10.6. The van der Waals surface area contributed by atoms with Crippen LogP contribution in [0.1, 0.15) is 43.2 Å². The van der Waals surface area contributed by atoms with Crippen molar-refractivity contribution < 1.29 is 18.8 Å². The Labute approximate surface area is 131 Å². The van der Waals surface area contributed by atoms with Crippen LogP contribution < -0.4 is 10.2 Å². The molecule has 0 bridgehead atoms. The van der Waals surface area contributed by atoms with E-state index in [0.717, 1.165) is 13.0 Å². The van der Waals surface area contributed by atoms with Crippen LogP contribution in [0.4, 0.5) is 0 Å². The topological polar surface area (TPSA) is 68.3 Å². The first-order chi connectivity index (χ1) is 10.8. The molecule has 1 aromatic heterocycles. The number of piperidine rings is 1. The van der Waals surface area contributed by atoms with Gasteiger partial charge in [0.15, 0.2) is 5.76 Å². The van der Waals surface area contributed by atoms with Crippen LogP contribution in [0.25, 0.3) is 0 Å². The summed E-state index contributed by atoms with van der Waals surface area (Å²) in [6.45, 7) is 6.64. The van der Waals surface area contributed by atoms with Crippen molar-refractivity contribution >= 4 is 11.9 Å². The van der Waals surface area contributed by atoms with Crippen molar-refractivity contribution in [2.75, 3.05) is 32.8 Å². The van der Waals surface area contributed by atoms with Crippen molar-refractivity contribution in [1.82, 2.24) is 5.32 Å². The Kier molecular flexibility index (Phi) is 6.96. The molecule has 0 atom stereocenters. The molecule has 22 heavy (non-hydrogen) atoms. The molecule has 1 fully saturated rings. The number of likely N-dealkylation sites (tertiary alicyclic amines) is 1. The molecule has 2 heterocycles. The molecule has 1 aromatic rings. The summed E-state index contributed by atoms with van der Waals surface area (Å²) in [6, 6.07) is 3.59. The van der Waals surface area contributed by atoms with Gasteiger partial charge in [0, 0.05) is 0 Å². The standard InChI is InChI=1S/C16H25N3O3/c1-2-12-22-16(18-15(20)14-7-6-13-21-14)17-8-11-19-9-4-3-5-10-19/h6-7,13H,2-5,8-12H2,1H3,(H,17,18,20)/p+1. The Morgan fingerprint density at radius 2 is 2.23 bits per heavy atom. The molecular weight excluding hydrogens is 282 g/mol. The highest BCUT2D eigenvalue weighted by Crippen LogP contribution is 1.99. The third-order valence-electron chi connectivity index (χ3n) is 3.69. The number of amides is 1. The van der Waals surface area contributed by atoms with Crippen molar-refractivity contribution in [3.63, 3.8) is 0 Å². The zero-order chi connectivity index (χ0) is 15.6. The number of hydrogen-bond donors (Lipinski definition) is 2. The lowest BCUT2D eigenvalue weighted by atomic mass is 10.1. The smallest absolute Gasteiger partial charge is 0.294 e. The predicted octanol–water partition coefficient (Wildman–Crippen LogP) is 0.861. The highest BCUT2D eigenvalue weighted by Gasteiger charge is 2.14. The lowest BCUT2D eigenvalue weighted by Crippen LogP contribution is -3.13. The minimum atomic E-state index is -0.329. The van der Waals surface area contributed by atoms with E-state index in [2.05, 4.69) is 10.3 Å². The van der Waals surface area contributed by atoms with Crippen LogP contribution in [-0.2, 0) is 4.74 Å². The minimum Gasteiger partial charge on any atom is -0.465 e. The first kappa shape index (κ1) is 16.5. The number of hydrogen-bond acceptors (Lipinski definition) is 4. The Morgan fingerprint density at radius 3 is 2.91 bits per heavy atom. The number of quaternary nitrogens is 1. The van der Waals surface area contributed by atoms with Gasteiger partial charge in [0.1, 0.15) is 0 Å². The van der Waals surface area contributed by atoms with Gasteiger partial charge in [-0.25, -0.2) is 4.99 Å². The van der Waals surface area contributed by atoms with E-state index in [4.69, 9.17) is 9.15 Å². The molecule has 2 N–H and O–H groups in total. The summed E-state index contributed by atoms with van der Waals surface area (Å²) in [5.41, 5.74) is 0. The maximum Gasteiger partial charge on any atom is 0.294 e. The fraction of sp³-hybridized carbons (Fsp3) is 0.625. The largest absolute Gasteiger partial charge is 0.465 e. The molecule has 1 amide bonds. The maximum atomic E-state index is 12.0. The molecule has 1 aliphatic rings. The highest BCUT2D eigenvalue weighted by atomic mass is 16.5. The van der Waals surface area contributed by atoms with E-state index >= 15 is 0 Å². The van der Waals surface area contributed by atoms with Crippen LogP contribution in [0.2, 0.25) is 0 Å². The summed E-state index contributed by atoms with van der Waals surface area (Å²) in [6.07, 6.45) is 6.28. The Bertz CT molecular complexity index is 465. The second kappa shape index (κ2) is 9.25. The fourth-order valence-corrected chi connectivity index (χ4v) is 2.50. The minimum absolute atomic E-state index is 0.259. The van der Waals surface area contributed by atoms with Gasteiger partial charge in [-0.05, 0) is 37.8 Å². The SMILES string of the molecule is CCCOC(=NCC[NH+]1CCCCC1)NC(=O)c1ccco1. The second-order valence-corrected chi connectivity index (χ2v) is 5.53. The number of rotatable bonds is 6. The normalized spacial score (nSPS) is 16.5. The van der Waals surface area contributed by atoms with Crippen molar-refractivity contribution in [2.24, 2.45) is 4.99 Å². The average Bonchev–Trinajstić information content (AvgIpc) is 3.08. The number of nitrogens with zero attached hydrogens (tertiary/aromatic N) is 1. The van der Waals surface area contributed by atoms with Crippen LogP contribution in [0.15, 0.2) is 27.8 Å². The van der Waals surface area contributed by atoms with Gasteiger partial charge >= 0.3 is 0 Å². The highest BCUT2D eigenvalue weighted by molar-refractivity contribution is 6.02. The first-order valence-corrected chi connectivity index (χ1v) is 8.15. The Balaban J connectivity index is 1.84. The molecule has 122 valence electrons. The van der Waals surface area contributed by atoms with E-state index in [1.807, 2.05) is 6.92 Å². The van der Waals surface area contributed by atoms with Crippen LogP contribution in [0, 0.1) is 0 Å². The summed E-state index contributed by atoms with van der Waals surface area (Å²) in [4.78, 5) is 18.0. The van der Waals surface area contributed by atoms with Gasteiger partial charge in [-0.15, -0.1) is 0 Å². The van der Waals surface area contributed by atoms with Crippen molar-refractivity contribution in [3.8, 4) is 0 Å². The molecule has 0 aromatic carbocycles. The number of aliphatic imine (C=N–C) groups is 1. The van der Waals surface area contributed by atoms with E-state index < -0.39 is 0 Å². The summed E-state index contributed by atoms with van der Waals surface area (Å²) in [7, 11) is 0. The van der Waals surface area contributed by atoms with Crippen molar-refractivity contribution in [2.45, 2.75) is 32.6 Å². The molecule has 0 aliphatic carbocycles. The average molecular weight is 308 g/mol. The monoisotopic (exact) mass is 308 g/mol. The van der Waals surface area contributed by atoms with E-state index in [0.29, 0.717) is 19.2 Å². The lowest BCUT2D eigenvalue weighted by molar-refractivity contribution is -0.903. The van der Waals surface area contributed by atoms with Gasteiger partial charge < -0.3 is 14.1 Å². The maximum absolute atomic E-state index is 12.0. The van der Waals surface area contributed by atoms with E-state index in [1.54, 1.807) is 17.0 Å². The molecule has 0 spiro atoms. The van der Waals surface area contributed by atoms with Gasteiger partial charge in [0.05, 0.1) is 39.0 Å². The molecule has 2 rings (SSSR count). The third kappa shape index (κ3) is 5.52. The third-order valence-corrected chi connectivity index (χ3v) is 3.69. The predicted molar refractivity (Wildman–Crippen MR) is 84.1 cm³/mol. The van der Waals surface area contributed by atoms with Gasteiger partial charge in [0.25, 0.3) is 11.9 Å². The van der Waals surface area contributed by atoms with Crippen molar-refractivity contribution in [1.29, 1.82) is 0 Å². The number of amidine groups is 1. The Hall–Kier alpha value is -1.82. The van der Waals surface area contributed by atoms with Crippen LogP contribution in [0.5, 0.6) is 0 Å². The van der Waals surface area contributed by atoms with E-state index in [-0.39, 0.29) is 11.7 Å². The number of nitrogens with one attached hydrogen (secondary N) is 2. The second-order valence-electron chi connectivity index (χ2n) is 5.53. The van der Waals surface area contributed by atoms with Gasteiger partial charge in [-0.2, -0.15) is 0 Å². The number of ether oxygens (including phenoxy) is 1. The molecule has 0 radical (unpaired) electrons. The zero-order valence-electron chi connectivity index (χ0n) is 13.3. The number of carbonyl (C=O) groups is 1. The first-order valence-electron chi connectivity index (χ1n) is 8.15. The number of carbonyl (C=O) groups excluding carboxylic acids is 1. The summed E-state index contributed by atoms with van der Waals surface area (Å²) >= 11 is 0. The van der Waals surface area contributed by atoms with Crippen LogP contribution >= 0.6 is 0 Å². The lowest BCUT2D eigenvalue weighted by Gasteiger charge is -2.22.